The standard InChI is InChI=1S/C18H21F5O4/c1-10(2)13(24)26-15-4-11-3-12(5-15)7-16(6-11,8-15)27-14(25)17(19,20)9-18(21,22)23/h11-12H,1,3-9H2,2H3. The minimum absolute atomic E-state index is 0.00760. The largest absolute Gasteiger partial charge is 0.456 e. The Bertz CT molecular complexity index is 655. The van der Waals surface area contributed by atoms with Gasteiger partial charge < -0.3 is 9.47 Å². The van der Waals surface area contributed by atoms with Crippen molar-refractivity contribution in [3.63, 3.8) is 0 Å². The highest BCUT2D eigenvalue weighted by molar-refractivity contribution is 5.87. The Labute approximate surface area is 153 Å². The smallest absolute Gasteiger partial charge is 0.395 e. The molecule has 4 aliphatic rings. The van der Waals surface area contributed by atoms with Crippen molar-refractivity contribution in [1.29, 1.82) is 0 Å². The van der Waals surface area contributed by atoms with E-state index in [0.717, 1.165) is 6.42 Å². The third-order valence-electron chi connectivity index (χ3n) is 5.64. The highest BCUT2D eigenvalue weighted by Gasteiger charge is 2.63. The maximum atomic E-state index is 13.7. The summed E-state index contributed by atoms with van der Waals surface area (Å²) in [5, 5.41) is 0. The Kier molecular flexibility index (Phi) is 4.59. The molecule has 2 atom stereocenters. The van der Waals surface area contributed by atoms with E-state index in [9.17, 15) is 31.5 Å². The molecule has 0 heterocycles. The molecule has 4 rings (SSSR count). The molecule has 0 aromatic rings. The van der Waals surface area contributed by atoms with Gasteiger partial charge in [-0.15, -0.1) is 0 Å². The van der Waals surface area contributed by atoms with Crippen LogP contribution in [0.15, 0.2) is 12.2 Å². The van der Waals surface area contributed by atoms with Crippen LogP contribution in [-0.2, 0) is 19.1 Å². The molecule has 4 bridgehead atoms. The minimum Gasteiger partial charge on any atom is -0.456 e. The van der Waals surface area contributed by atoms with Gasteiger partial charge in [0.25, 0.3) is 0 Å². The van der Waals surface area contributed by atoms with Crippen LogP contribution in [0.5, 0.6) is 0 Å². The van der Waals surface area contributed by atoms with Gasteiger partial charge in [0.05, 0.1) is 0 Å². The molecule has 0 aliphatic heterocycles. The zero-order chi connectivity index (χ0) is 20.3. The molecule has 9 heteroatoms. The summed E-state index contributed by atoms with van der Waals surface area (Å²) in [6, 6.07) is 0. The van der Waals surface area contributed by atoms with Gasteiger partial charge in [0, 0.05) is 12.0 Å². The Morgan fingerprint density at radius 3 is 1.93 bits per heavy atom. The summed E-state index contributed by atoms with van der Waals surface area (Å²) in [6.45, 7) is 5.00. The van der Waals surface area contributed by atoms with Crippen LogP contribution in [0.25, 0.3) is 0 Å². The van der Waals surface area contributed by atoms with Crippen molar-refractivity contribution in [3.05, 3.63) is 12.2 Å². The average Bonchev–Trinajstić information content (AvgIpc) is 2.41. The van der Waals surface area contributed by atoms with Crippen LogP contribution in [0.1, 0.15) is 51.9 Å². The van der Waals surface area contributed by atoms with Gasteiger partial charge in [-0.3, -0.25) is 0 Å². The molecule has 4 nitrogen and oxygen atoms in total. The quantitative estimate of drug-likeness (QED) is 0.394. The minimum atomic E-state index is -5.19. The Hall–Kier alpha value is -1.67. The summed E-state index contributed by atoms with van der Waals surface area (Å²) >= 11 is 0. The second kappa shape index (κ2) is 6.17. The first kappa shape index (κ1) is 20.1. The van der Waals surface area contributed by atoms with Gasteiger partial charge >= 0.3 is 24.0 Å². The first-order chi connectivity index (χ1) is 12.2. The van der Waals surface area contributed by atoms with E-state index in [-0.39, 0.29) is 23.8 Å². The highest BCUT2D eigenvalue weighted by atomic mass is 19.4. The monoisotopic (exact) mass is 396 g/mol. The number of rotatable bonds is 5. The number of carbonyl (C=O) groups is 2. The summed E-state index contributed by atoms with van der Waals surface area (Å²) in [6.07, 6.45) is -5.28. The number of carbonyl (C=O) groups excluding carboxylic acids is 2. The fourth-order valence-corrected chi connectivity index (χ4v) is 5.21. The van der Waals surface area contributed by atoms with E-state index >= 15 is 0 Å². The Morgan fingerprint density at radius 1 is 1.00 bits per heavy atom. The molecule has 0 saturated heterocycles. The predicted octanol–water partition coefficient (Wildman–Crippen LogP) is 4.33. The fourth-order valence-electron chi connectivity index (χ4n) is 5.21. The normalized spacial score (nSPS) is 35.0. The number of esters is 2. The van der Waals surface area contributed by atoms with Gasteiger partial charge in [0.1, 0.15) is 17.6 Å². The van der Waals surface area contributed by atoms with Crippen molar-refractivity contribution in [2.45, 2.75) is 75.2 Å². The highest BCUT2D eigenvalue weighted by Crippen LogP contribution is 2.60. The number of hydrogen-bond acceptors (Lipinski definition) is 4. The number of hydrogen-bond donors (Lipinski definition) is 0. The van der Waals surface area contributed by atoms with Crippen molar-refractivity contribution in [2.24, 2.45) is 11.8 Å². The molecule has 0 radical (unpaired) electrons. The third-order valence-corrected chi connectivity index (χ3v) is 5.64. The van der Waals surface area contributed by atoms with Gasteiger partial charge in [0.2, 0.25) is 0 Å². The first-order valence-electron chi connectivity index (χ1n) is 8.80. The van der Waals surface area contributed by atoms with Gasteiger partial charge in [0.15, 0.2) is 0 Å². The van der Waals surface area contributed by atoms with Crippen LogP contribution in [0.3, 0.4) is 0 Å². The maximum Gasteiger partial charge on any atom is 0.395 e. The van der Waals surface area contributed by atoms with Crippen molar-refractivity contribution >= 4 is 11.9 Å². The summed E-state index contributed by atoms with van der Waals surface area (Å²) in [4.78, 5) is 23.9. The van der Waals surface area contributed by atoms with E-state index in [1.165, 1.54) is 6.92 Å². The van der Waals surface area contributed by atoms with Gasteiger partial charge in [-0.2, -0.15) is 22.0 Å². The molecular weight excluding hydrogens is 375 g/mol. The summed E-state index contributed by atoms with van der Waals surface area (Å²) < 4.78 is 75.1. The van der Waals surface area contributed by atoms with E-state index in [4.69, 9.17) is 9.47 Å². The second-order valence-corrected chi connectivity index (χ2v) is 8.38. The van der Waals surface area contributed by atoms with E-state index in [1.807, 2.05) is 0 Å². The van der Waals surface area contributed by atoms with E-state index in [1.54, 1.807) is 0 Å². The van der Waals surface area contributed by atoms with Crippen LogP contribution >= 0.6 is 0 Å². The zero-order valence-electron chi connectivity index (χ0n) is 14.8. The van der Waals surface area contributed by atoms with Crippen molar-refractivity contribution in [3.8, 4) is 0 Å². The molecule has 152 valence electrons. The van der Waals surface area contributed by atoms with Crippen LogP contribution in [0.4, 0.5) is 22.0 Å². The van der Waals surface area contributed by atoms with Crippen LogP contribution in [-0.4, -0.2) is 35.2 Å². The van der Waals surface area contributed by atoms with E-state index in [0.29, 0.717) is 25.7 Å². The molecule has 2 unspecified atom stereocenters. The number of ether oxygens (including phenoxy) is 2. The zero-order valence-corrected chi connectivity index (χ0v) is 14.8. The molecule has 0 N–H and O–H groups in total. The van der Waals surface area contributed by atoms with Gasteiger partial charge in [-0.25, -0.2) is 9.59 Å². The molecular formula is C18H21F5O4. The Balaban J connectivity index is 1.78. The molecule has 0 aromatic heterocycles. The number of halogens is 5. The Morgan fingerprint density at radius 2 is 1.48 bits per heavy atom. The summed E-state index contributed by atoms with van der Waals surface area (Å²) in [7, 11) is 0. The second-order valence-electron chi connectivity index (χ2n) is 8.38. The molecule has 0 amide bonds. The maximum absolute atomic E-state index is 13.7. The average molecular weight is 396 g/mol. The lowest BCUT2D eigenvalue weighted by Gasteiger charge is -2.60. The number of alkyl halides is 5. The molecule has 0 spiro atoms. The van der Waals surface area contributed by atoms with Crippen LogP contribution < -0.4 is 0 Å². The first-order valence-corrected chi connectivity index (χ1v) is 8.80. The topological polar surface area (TPSA) is 52.6 Å². The van der Waals surface area contributed by atoms with Crippen molar-refractivity contribution < 1.29 is 41.0 Å². The lowest BCUT2D eigenvalue weighted by Crippen LogP contribution is -2.62. The predicted molar refractivity (Wildman–Crippen MR) is 82.8 cm³/mol. The van der Waals surface area contributed by atoms with Crippen molar-refractivity contribution in [2.75, 3.05) is 0 Å². The summed E-state index contributed by atoms with van der Waals surface area (Å²) in [5.74, 6) is -7.41. The van der Waals surface area contributed by atoms with E-state index in [2.05, 4.69) is 6.58 Å². The van der Waals surface area contributed by atoms with Crippen LogP contribution in [0.2, 0.25) is 0 Å². The van der Waals surface area contributed by atoms with Gasteiger partial charge in [-0.05, 0) is 50.9 Å². The van der Waals surface area contributed by atoms with Gasteiger partial charge in [-0.1, -0.05) is 6.58 Å². The molecule has 4 saturated carbocycles. The van der Waals surface area contributed by atoms with Crippen LogP contribution in [0, 0.1) is 11.8 Å². The SMILES string of the molecule is C=C(C)C(=O)OC12CC3CC(C1)CC(OC(=O)C(F)(F)CC(F)(F)F)(C3)C2. The lowest BCUT2D eigenvalue weighted by molar-refractivity contribution is -0.249. The molecule has 4 fully saturated rings. The molecule has 27 heavy (non-hydrogen) atoms. The lowest BCUT2D eigenvalue weighted by atomic mass is 9.52. The molecule has 4 aliphatic carbocycles. The molecule has 0 aromatic carbocycles. The third kappa shape index (κ3) is 4.11. The van der Waals surface area contributed by atoms with Crippen molar-refractivity contribution in [1.82, 2.24) is 0 Å². The summed E-state index contributed by atoms with van der Waals surface area (Å²) in [5.41, 5.74) is -2.07. The fraction of sp³-hybridized carbons (Fsp3) is 0.778. The van der Waals surface area contributed by atoms with E-state index < -0.39 is 41.7 Å².